The quantitative estimate of drug-likeness (QED) is 0.192. The Balaban J connectivity index is 1.33. The Morgan fingerprint density at radius 1 is 0.524 bits per heavy atom. The molecule has 3 aliphatic carbocycles. The second-order valence-corrected chi connectivity index (χ2v) is 12.7. The zero-order chi connectivity index (χ0) is 28.9. The zero-order valence-electron chi connectivity index (χ0n) is 25.3. The lowest BCUT2D eigenvalue weighted by Gasteiger charge is -2.43. The van der Waals surface area contributed by atoms with E-state index < -0.39 is 0 Å². The van der Waals surface area contributed by atoms with E-state index in [-0.39, 0.29) is 5.92 Å². The van der Waals surface area contributed by atoms with Crippen molar-refractivity contribution in [2.24, 2.45) is 7.05 Å². The molecule has 1 heterocycles. The molecule has 2 bridgehead atoms. The van der Waals surface area contributed by atoms with Crippen molar-refractivity contribution in [1.82, 2.24) is 0 Å². The van der Waals surface area contributed by atoms with Gasteiger partial charge in [-0.05, 0) is 114 Å². The fourth-order valence-corrected chi connectivity index (χ4v) is 8.09. The largest absolute Gasteiger partial charge is 0.213 e. The van der Waals surface area contributed by atoms with Gasteiger partial charge in [0.25, 0.3) is 0 Å². The van der Waals surface area contributed by atoms with Gasteiger partial charge in [0.2, 0.25) is 11.2 Å². The first kappa shape index (κ1) is 25.2. The van der Waals surface area contributed by atoms with Gasteiger partial charge in [-0.25, -0.2) is 0 Å². The highest BCUT2D eigenvalue weighted by atomic mass is 14.9. The molecule has 2 atom stereocenters. The van der Waals surface area contributed by atoms with E-state index in [0.717, 1.165) is 0 Å². The lowest BCUT2D eigenvalue weighted by molar-refractivity contribution is -0.633. The third kappa shape index (κ3) is 3.46. The van der Waals surface area contributed by atoms with Crippen LogP contribution in [0.4, 0.5) is 0 Å². The van der Waals surface area contributed by atoms with Crippen molar-refractivity contribution < 1.29 is 4.57 Å². The number of pyridine rings is 1. The van der Waals surface area contributed by atoms with Crippen LogP contribution in [-0.2, 0) is 7.05 Å². The van der Waals surface area contributed by atoms with E-state index in [2.05, 4.69) is 143 Å². The van der Waals surface area contributed by atoms with Crippen molar-refractivity contribution >= 4 is 10.9 Å². The van der Waals surface area contributed by atoms with Gasteiger partial charge in [-0.15, -0.1) is 0 Å². The number of fused-ring (bicyclic) bond motifs is 1. The zero-order valence-corrected chi connectivity index (χ0v) is 25.3. The van der Waals surface area contributed by atoms with E-state index in [1.54, 1.807) is 0 Å². The lowest BCUT2D eigenvalue weighted by atomic mass is 9.60. The Hall–Kier alpha value is -4.49. The molecule has 1 aromatic heterocycles. The molecular formula is C41H36N+. The number of aryl methyl sites for hydroxylation is 5. The molecule has 9 rings (SSSR count). The highest BCUT2D eigenvalue weighted by Gasteiger charge is 2.42. The molecule has 1 heteroatoms. The number of hydrogen-bond acceptors (Lipinski definition) is 0. The van der Waals surface area contributed by atoms with Crippen LogP contribution in [0.25, 0.3) is 33.3 Å². The fraction of sp³-hybridized carbons (Fsp3) is 0.195. The van der Waals surface area contributed by atoms with Gasteiger partial charge in [-0.3, -0.25) is 0 Å². The van der Waals surface area contributed by atoms with Crippen LogP contribution in [0.2, 0.25) is 0 Å². The fourth-order valence-electron chi connectivity index (χ4n) is 8.09. The van der Waals surface area contributed by atoms with Crippen molar-refractivity contribution in [2.45, 2.75) is 46.5 Å². The van der Waals surface area contributed by atoms with Crippen LogP contribution < -0.4 is 4.57 Å². The van der Waals surface area contributed by atoms with Crippen LogP contribution in [0.15, 0.2) is 97.1 Å². The predicted molar refractivity (Wildman–Crippen MR) is 174 cm³/mol. The Morgan fingerprint density at radius 2 is 1.29 bits per heavy atom. The van der Waals surface area contributed by atoms with E-state index in [1.165, 1.54) is 94.5 Å². The maximum absolute atomic E-state index is 2.51. The maximum atomic E-state index is 2.51. The van der Waals surface area contributed by atoms with Gasteiger partial charge in [0, 0.05) is 29.5 Å². The topological polar surface area (TPSA) is 3.88 Å². The summed E-state index contributed by atoms with van der Waals surface area (Å²) >= 11 is 0. The summed E-state index contributed by atoms with van der Waals surface area (Å²) in [6.45, 7) is 11.2. The minimum Gasteiger partial charge on any atom is -0.194 e. The van der Waals surface area contributed by atoms with Crippen LogP contribution in [-0.4, -0.2) is 0 Å². The van der Waals surface area contributed by atoms with Crippen LogP contribution in [0, 0.1) is 34.6 Å². The molecule has 3 aliphatic rings. The molecule has 42 heavy (non-hydrogen) atoms. The number of hydrogen-bond donors (Lipinski definition) is 0. The molecule has 0 radical (unpaired) electrons. The SMILES string of the molecule is Cc1cc(C)c(C)c(-c2ccc3c(-c4cc(C)c5c(c4)C4c6ccccc6C5c5cc(C)ccc54)cccc3[n+]2C)c1. The molecular weight excluding hydrogens is 506 g/mol. The molecule has 0 fully saturated rings. The molecule has 204 valence electrons. The minimum absolute atomic E-state index is 0.278. The smallest absolute Gasteiger partial charge is 0.194 e. The molecule has 0 saturated heterocycles. The van der Waals surface area contributed by atoms with Crippen molar-refractivity contribution in [3.63, 3.8) is 0 Å². The highest BCUT2D eigenvalue weighted by Crippen LogP contribution is 2.57. The number of rotatable bonds is 2. The molecule has 2 unspecified atom stereocenters. The molecule has 0 saturated carbocycles. The molecule has 0 amide bonds. The Bertz CT molecular complexity index is 2110. The van der Waals surface area contributed by atoms with Crippen molar-refractivity contribution in [1.29, 1.82) is 0 Å². The second-order valence-electron chi connectivity index (χ2n) is 12.7. The van der Waals surface area contributed by atoms with E-state index in [4.69, 9.17) is 0 Å². The van der Waals surface area contributed by atoms with Crippen LogP contribution in [0.1, 0.15) is 73.0 Å². The summed E-state index contributed by atoms with van der Waals surface area (Å²) in [5.41, 5.74) is 22.1. The summed E-state index contributed by atoms with van der Waals surface area (Å²) in [6.07, 6.45) is 0. The summed E-state index contributed by atoms with van der Waals surface area (Å²) in [5.74, 6) is 0.583. The van der Waals surface area contributed by atoms with Crippen LogP contribution in [0.3, 0.4) is 0 Å². The molecule has 5 aromatic carbocycles. The summed E-state index contributed by atoms with van der Waals surface area (Å²) in [6, 6.07) is 37.2. The van der Waals surface area contributed by atoms with Crippen LogP contribution >= 0.6 is 0 Å². The van der Waals surface area contributed by atoms with E-state index >= 15 is 0 Å². The molecule has 0 N–H and O–H groups in total. The molecule has 6 aromatic rings. The van der Waals surface area contributed by atoms with Gasteiger partial charge < -0.3 is 0 Å². The summed E-state index contributed by atoms with van der Waals surface area (Å²) in [7, 11) is 2.21. The van der Waals surface area contributed by atoms with Gasteiger partial charge in [0.1, 0.15) is 7.05 Å². The third-order valence-corrected chi connectivity index (χ3v) is 10.1. The third-order valence-electron chi connectivity index (χ3n) is 10.1. The first-order chi connectivity index (χ1) is 20.3. The van der Waals surface area contributed by atoms with Gasteiger partial charge in [-0.2, -0.15) is 4.57 Å². The standard InChI is InChI=1S/C41H36N/c1-23-14-15-33-35(19-23)41-32-11-8-7-10-31(32)40(33)36-22-28(21-26(4)39(36)41)29-12-9-13-37-30(29)16-17-38(42(37)6)34-20-24(2)18-25(3)27(34)5/h7-22,40-41H,1-6H3/q+1. The average Bonchev–Trinajstić information content (AvgIpc) is 2.98. The Labute approximate surface area is 249 Å². The van der Waals surface area contributed by atoms with Gasteiger partial charge in [0.05, 0.1) is 5.39 Å². The highest BCUT2D eigenvalue weighted by molar-refractivity contribution is 5.94. The number of nitrogens with zero attached hydrogens (tertiary/aromatic N) is 1. The van der Waals surface area contributed by atoms with Gasteiger partial charge in [0.15, 0.2) is 0 Å². The Kier molecular flexibility index (Phi) is 5.41. The summed E-state index contributed by atoms with van der Waals surface area (Å²) in [5, 5.41) is 1.29. The number of aromatic nitrogens is 1. The average molecular weight is 543 g/mol. The molecule has 0 spiro atoms. The molecule has 1 nitrogen and oxygen atoms in total. The summed E-state index contributed by atoms with van der Waals surface area (Å²) in [4.78, 5) is 0. The predicted octanol–water partition coefficient (Wildman–Crippen LogP) is 9.53. The van der Waals surface area contributed by atoms with E-state index in [0.29, 0.717) is 5.92 Å². The van der Waals surface area contributed by atoms with Crippen molar-refractivity contribution in [2.75, 3.05) is 0 Å². The first-order valence-electron chi connectivity index (χ1n) is 15.2. The lowest BCUT2D eigenvalue weighted by Crippen LogP contribution is -2.32. The minimum atomic E-state index is 0.278. The van der Waals surface area contributed by atoms with Crippen molar-refractivity contribution in [3.05, 3.63) is 158 Å². The normalized spacial score (nSPS) is 16.3. The Morgan fingerprint density at radius 3 is 2.10 bits per heavy atom. The second kappa shape index (κ2) is 9.00. The van der Waals surface area contributed by atoms with Gasteiger partial charge in [-0.1, -0.05) is 77.9 Å². The van der Waals surface area contributed by atoms with Crippen LogP contribution in [0.5, 0.6) is 0 Å². The number of benzene rings is 5. The molecule has 0 aliphatic heterocycles. The van der Waals surface area contributed by atoms with Crippen molar-refractivity contribution in [3.8, 4) is 22.4 Å². The van der Waals surface area contributed by atoms with E-state index in [9.17, 15) is 0 Å². The maximum Gasteiger partial charge on any atom is 0.213 e. The summed E-state index contributed by atoms with van der Waals surface area (Å²) < 4.78 is 2.38. The monoisotopic (exact) mass is 542 g/mol. The van der Waals surface area contributed by atoms with E-state index in [1.807, 2.05) is 0 Å². The first-order valence-corrected chi connectivity index (χ1v) is 15.2. The van der Waals surface area contributed by atoms with Gasteiger partial charge >= 0.3 is 0 Å².